The maximum atomic E-state index is 13.5. The van der Waals surface area contributed by atoms with Gasteiger partial charge in [-0.05, 0) is 52.8 Å². The maximum absolute atomic E-state index is 13.5. The highest BCUT2D eigenvalue weighted by Crippen LogP contribution is 2.43. The van der Waals surface area contributed by atoms with Crippen molar-refractivity contribution in [3.05, 3.63) is 0 Å². The lowest BCUT2D eigenvalue weighted by Gasteiger charge is -2.47. The fraction of sp³-hybridized carbons (Fsp3) is 0.864. The lowest BCUT2D eigenvalue weighted by Crippen LogP contribution is -2.68. The third-order valence-corrected chi connectivity index (χ3v) is 12.9. The molecule has 30 heavy (non-hydrogen) atoms. The monoisotopic (exact) mass is 439 g/mol. The molecule has 7 nitrogen and oxygen atoms in total. The zero-order valence-corrected chi connectivity index (χ0v) is 21.8. The van der Waals surface area contributed by atoms with E-state index in [0.29, 0.717) is 0 Å². The van der Waals surface area contributed by atoms with Crippen molar-refractivity contribution >= 4 is 26.2 Å². The van der Waals surface area contributed by atoms with Crippen LogP contribution in [0.15, 0.2) is 0 Å². The Labute approximate surface area is 183 Å². The number of hydrogen-bond donors (Lipinski definition) is 1. The number of nitrogens with zero attached hydrogens (tertiary/aromatic N) is 2. The molecule has 2 fully saturated rings. The highest BCUT2D eigenvalue weighted by molar-refractivity contribution is 6.74. The van der Waals surface area contributed by atoms with Crippen LogP contribution in [0.2, 0.25) is 18.1 Å². The van der Waals surface area contributed by atoms with Gasteiger partial charge in [-0.25, -0.2) is 4.79 Å². The second-order valence-corrected chi connectivity index (χ2v) is 16.3. The van der Waals surface area contributed by atoms with E-state index in [1.165, 1.54) is 4.90 Å². The molecule has 2 aliphatic rings. The van der Waals surface area contributed by atoms with Crippen molar-refractivity contribution in [2.24, 2.45) is 11.8 Å². The van der Waals surface area contributed by atoms with E-state index in [-0.39, 0.29) is 35.0 Å². The minimum Gasteiger partial charge on any atom is -0.413 e. The molecule has 8 heteroatoms. The van der Waals surface area contributed by atoms with E-state index in [9.17, 15) is 14.4 Å². The van der Waals surface area contributed by atoms with Crippen LogP contribution in [0.1, 0.15) is 62.3 Å². The van der Waals surface area contributed by atoms with Crippen LogP contribution in [0.3, 0.4) is 0 Å². The average molecular weight is 440 g/mol. The number of urea groups is 1. The molecule has 4 amide bonds. The van der Waals surface area contributed by atoms with Crippen LogP contribution in [0.4, 0.5) is 4.79 Å². The summed E-state index contributed by atoms with van der Waals surface area (Å²) in [6.45, 7) is 22.3. The van der Waals surface area contributed by atoms with Crippen molar-refractivity contribution in [2.75, 3.05) is 7.05 Å². The molecule has 2 heterocycles. The molecular weight excluding hydrogens is 398 g/mol. The van der Waals surface area contributed by atoms with Gasteiger partial charge in [0.1, 0.15) is 0 Å². The smallest absolute Gasteiger partial charge is 0.327 e. The van der Waals surface area contributed by atoms with Gasteiger partial charge in [0.05, 0.1) is 35.1 Å². The number of nitrogens with one attached hydrogen (secondary N) is 1. The van der Waals surface area contributed by atoms with Gasteiger partial charge in [-0.2, -0.15) is 0 Å². The highest BCUT2D eigenvalue weighted by Gasteiger charge is 2.60. The zero-order chi connectivity index (χ0) is 23.6. The van der Waals surface area contributed by atoms with Crippen LogP contribution < -0.4 is 5.32 Å². The van der Waals surface area contributed by atoms with Crippen LogP contribution in [0, 0.1) is 11.8 Å². The van der Waals surface area contributed by atoms with Crippen molar-refractivity contribution in [3.63, 3.8) is 0 Å². The van der Waals surface area contributed by atoms with Gasteiger partial charge < -0.3 is 14.6 Å². The Morgan fingerprint density at radius 3 is 1.97 bits per heavy atom. The molecule has 0 aromatic heterocycles. The first-order valence-corrected chi connectivity index (χ1v) is 13.8. The van der Waals surface area contributed by atoms with Crippen molar-refractivity contribution in [1.82, 2.24) is 15.1 Å². The topological polar surface area (TPSA) is 79.0 Å². The van der Waals surface area contributed by atoms with Gasteiger partial charge in [0.25, 0.3) is 0 Å². The molecule has 0 saturated carbocycles. The number of rotatable bonds is 5. The second kappa shape index (κ2) is 7.33. The Balaban J connectivity index is 2.22. The third-order valence-electron chi connectivity index (χ3n) is 8.31. The summed E-state index contributed by atoms with van der Waals surface area (Å²) in [4.78, 5) is 41.8. The molecule has 0 aliphatic carbocycles. The summed E-state index contributed by atoms with van der Waals surface area (Å²) in [6, 6.07) is -0.642. The number of carbonyl (C=O) groups is 3. The molecule has 172 valence electrons. The van der Waals surface area contributed by atoms with Crippen LogP contribution >= 0.6 is 0 Å². The van der Waals surface area contributed by atoms with E-state index in [2.05, 4.69) is 39.2 Å². The van der Waals surface area contributed by atoms with Crippen molar-refractivity contribution in [1.29, 1.82) is 0 Å². The Morgan fingerprint density at radius 2 is 1.60 bits per heavy atom. The van der Waals surface area contributed by atoms with Crippen LogP contribution in [-0.4, -0.2) is 66.2 Å². The standard InChI is InChI=1S/C22H41N3O4Si/c1-13(18(27)25-19(28)24(10)21(6,7)22(25,8)9)16-15(17(26)23-16)14(2)29-30(11,12)20(3,4)5/h13-16H,1-12H3,(H,23,26)/t13-,14?,15+,16+/m0/s1. The zero-order valence-electron chi connectivity index (χ0n) is 20.8. The quantitative estimate of drug-likeness (QED) is 0.524. The molecule has 1 unspecified atom stereocenters. The molecule has 0 spiro atoms. The molecule has 2 rings (SSSR count). The van der Waals surface area contributed by atoms with E-state index in [1.807, 2.05) is 34.6 Å². The minimum atomic E-state index is -2.06. The van der Waals surface area contributed by atoms with Crippen molar-refractivity contribution in [2.45, 2.75) is 104 Å². The predicted molar refractivity (Wildman–Crippen MR) is 120 cm³/mol. The van der Waals surface area contributed by atoms with E-state index >= 15 is 0 Å². The van der Waals surface area contributed by atoms with E-state index in [0.717, 1.165) is 0 Å². The summed E-state index contributed by atoms with van der Waals surface area (Å²) < 4.78 is 6.45. The largest absolute Gasteiger partial charge is 0.413 e. The SMILES string of the molecule is CC(O[Si](C)(C)C(C)(C)C)[C@H]1C(=O)N[C@@H]1[C@H](C)C(=O)N1C(=O)N(C)C(C)(C)C1(C)C. The molecule has 2 aliphatic heterocycles. The number of β-lactam (4-membered cyclic amide) rings is 1. The highest BCUT2D eigenvalue weighted by atomic mass is 28.4. The van der Waals surface area contributed by atoms with Gasteiger partial charge in [-0.15, -0.1) is 0 Å². The number of carbonyl (C=O) groups excluding carboxylic acids is 3. The van der Waals surface area contributed by atoms with Gasteiger partial charge in [-0.1, -0.05) is 27.7 Å². The Bertz CT molecular complexity index is 741. The molecule has 0 aromatic carbocycles. The summed E-state index contributed by atoms with van der Waals surface area (Å²) >= 11 is 0. The number of hydrogen-bond acceptors (Lipinski definition) is 4. The first-order valence-electron chi connectivity index (χ1n) is 10.9. The van der Waals surface area contributed by atoms with Crippen LogP contribution in [0.5, 0.6) is 0 Å². The molecule has 4 atom stereocenters. The van der Waals surface area contributed by atoms with Gasteiger partial charge in [0, 0.05) is 7.05 Å². The fourth-order valence-corrected chi connectivity index (χ4v) is 5.54. The van der Waals surface area contributed by atoms with Crippen LogP contribution in [0.25, 0.3) is 0 Å². The summed E-state index contributed by atoms with van der Waals surface area (Å²) in [6.07, 6.45) is -0.290. The Morgan fingerprint density at radius 1 is 1.10 bits per heavy atom. The first-order chi connectivity index (χ1) is 13.3. The van der Waals surface area contributed by atoms with Gasteiger partial charge in [0.2, 0.25) is 11.8 Å². The summed E-state index contributed by atoms with van der Waals surface area (Å²) in [5.41, 5.74) is -1.17. The van der Waals surface area contributed by atoms with Gasteiger partial charge in [0.15, 0.2) is 8.32 Å². The normalized spacial score (nSPS) is 28.1. The second-order valence-electron chi connectivity index (χ2n) is 11.6. The van der Waals surface area contributed by atoms with E-state index < -0.39 is 31.2 Å². The van der Waals surface area contributed by atoms with E-state index in [4.69, 9.17) is 4.43 Å². The Kier molecular flexibility index (Phi) is 6.07. The summed E-state index contributed by atoms with van der Waals surface area (Å²) in [5.74, 6) is -1.26. The van der Waals surface area contributed by atoms with Crippen LogP contribution in [-0.2, 0) is 14.0 Å². The third kappa shape index (κ3) is 3.59. The lowest BCUT2D eigenvalue weighted by molar-refractivity contribution is -0.148. The van der Waals surface area contributed by atoms with Gasteiger partial charge >= 0.3 is 6.03 Å². The molecule has 0 bridgehead atoms. The summed E-state index contributed by atoms with van der Waals surface area (Å²) in [5, 5.41) is 2.93. The fourth-order valence-electron chi connectivity index (χ4n) is 4.11. The number of likely N-dealkylation sites (N-methyl/N-ethyl adjacent to an activating group) is 1. The lowest BCUT2D eigenvalue weighted by atomic mass is 9.77. The summed E-state index contributed by atoms with van der Waals surface area (Å²) in [7, 11) is -0.331. The molecule has 2 saturated heterocycles. The predicted octanol–water partition coefficient (Wildman–Crippen LogP) is 3.60. The molecular formula is C22H41N3O4Si. The average Bonchev–Trinajstić information content (AvgIpc) is 2.66. The molecule has 1 N–H and O–H groups in total. The maximum Gasteiger partial charge on any atom is 0.327 e. The van der Waals surface area contributed by atoms with Gasteiger partial charge in [-0.3, -0.25) is 14.5 Å². The molecule has 0 radical (unpaired) electrons. The first kappa shape index (κ1) is 24.9. The van der Waals surface area contributed by atoms with E-state index in [1.54, 1.807) is 18.9 Å². The van der Waals surface area contributed by atoms with Crippen molar-refractivity contribution in [3.8, 4) is 0 Å². The molecule has 0 aromatic rings. The minimum absolute atomic E-state index is 0.0284. The number of imide groups is 1. The Hall–Kier alpha value is -1.41. The van der Waals surface area contributed by atoms with Crippen molar-refractivity contribution < 1.29 is 18.8 Å². The number of amides is 4.